The van der Waals surface area contributed by atoms with Gasteiger partial charge < -0.3 is 5.32 Å². The van der Waals surface area contributed by atoms with E-state index >= 15 is 0 Å². The first-order valence-corrected chi connectivity index (χ1v) is 4.98. The molecule has 0 radical (unpaired) electrons. The molecule has 12 heavy (non-hydrogen) atoms. The molecule has 0 aromatic heterocycles. The Bertz CT molecular complexity index is 123. The van der Waals surface area contributed by atoms with E-state index in [0.717, 1.165) is 13.0 Å². The molecule has 0 aliphatic carbocycles. The van der Waals surface area contributed by atoms with Gasteiger partial charge in [0.25, 0.3) is 0 Å². The van der Waals surface area contributed by atoms with Gasteiger partial charge in [-0.2, -0.15) is 0 Å². The highest BCUT2D eigenvalue weighted by Crippen LogP contribution is 2.02. The molecular weight excluding hydrogens is 146 g/mol. The number of nitrogens with one attached hydrogen (secondary N) is 1. The van der Waals surface area contributed by atoms with Crippen molar-refractivity contribution in [2.24, 2.45) is 0 Å². The summed E-state index contributed by atoms with van der Waals surface area (Å²) in [6, 6.07) is 0.630. The summed E-state index contributed by atoms with van der Waals surface area (Å²) < 4.78 is 0. The second kappa shape index (κ2) is 8.62. The van der Waals surface area contributed by atoms with Crippen molar-refractivity contribution in [2.75, 3.05) is 6.54 Å². The third-order valence-electron chi connectivity index (χ3n) is 2.00. The van der Waals surface area contributed by atoms with Crippen LogP contribution >= 0.6 is 0 Å². The van der Waals surface area contributed by atoms with Gasteiger partial charge in [0.05, 0.1) is 0 Å². The standard InChI is InChI=1S/C11H21N/c1-4-6-8-9-11(3)12-10-7-5-2/h2,11-12H,4,6-10H2,1,3H3. The lowest BCUT2D eigenvalue weighted by molar-refractivity contribution is 0.494. The maximum Gasteiger partial charge on any atom is 0.0211 e. The summed E-state index contributed by atoms with van der Waals surface area (Å²) in [7, 11) is 0. The Morgan fingerprint density at radius 3 is 2.75 bits per heavy atom. The zero-order valence-electron chi connectivity index (χ0n) is 8.40. The van der Waals surface area contributed by atoms with Gasteiger partial charge in [0.1, 0.15) is 0 Å². The molecule has 0 fully saturated rings. The average molecular weight is 167 g/mol. The van der Waals surface area contributed by atoms with Crippen molar-refractivity contribution in [1.29, 1.82) is 0 Å². The van der Waals surface area contributed by atoms with Gasteiger partial charge in [-0.05, 0) is 13.3 Å². The lowest BCUT2D eigenvalue weighted by Gasteiger charge is -2.11. The van der Waals surface area contributed by atoms with Crippen LogP contribution in [0.25, 0.3) is 0 Å². The lowest BCUT2D eigenvalue weighted by Crippen LogP contribution is -2.26. The van der Waals surface area contributed by atoms with Crippen molar-refractivity contribution in [3.05, 3.63) is 0 Å². The molecule has 0 aliphatic rings. The monoisotopic (exact) mass is 167 g/mol. The van der Waals surface area contributed by atoms with Crippen molar-refractivity contribution in [3.8, 4) is 12.3 Å². The first-order valence-electron chi connectivity index (χ1n) is 4.98. The fourth-order valence-corrected chi connectivity index (χ4v) is 1.19. The Hall–Kier alpha value is -0.480. The molecule has 0 aromatic rings. The van der Waals surface area contributed by atoms with Crippen LogP contribution < -0.4 is 5.32 Å². The van der Waals surface area contributed by atoms with Crippen molar-refractivity contribution in [3.63, 3.8) is 0 Å². The van der Waals surface area contributed by atoms with Crippen molar-refractivity contribution >= 4 is 0 Å². The van der Waals surface area contributed by atoms with Crippen LogP contribution in [0.2, 0.25) is 0 Å². The molecule has 0 amide bonds. The molecule has 0 aromatic carbocycles. The number of rotatable bonds is 7. The van der Waals surface area contributed by atoms with Crippen LogP contribution in [0.3, 0.4) is 0 Å². The third-order valence-corrected chi connectivity index (χ3v) is 2.00. The van der Waals surface area contributed by atoms with Crippen molar-refractivity contribution < 1.29 is 0 Å². The predicted octanol–water partition coefficient (Wildman–Crippen LogP) is 2.57. The first-order chi connectivity index (χ1) is 5.81. The van der Waals surface area contributed by atoms with E-state index < -0.39 is 0 Å². The molecule has 70 valence electrons. The molecule has 1 N–H and O–H groups in total. The molecule has 0 saturated carbocycles. The maximum atomic E-state index is 5.15. The van der Waals surface area contributed by atoms with Crippen LogP contribution in [-0.2, 0) is 0 Å². The van der Waals surface area contributed by atoms with Gasteiger partial charge in [-0.1, -0.05) is 26.2 Å². The Morgan fingerprint density at radius 1 is 1.42 bits per heavy atom. The summed E-state index contributed by atoms with van der Waals surface area (Å²) in [4.78, 5) is 0. The first kappa shape index (κ1) is 11.5. The van der Waals surface area contributed by atoms with Gasteiger partial charge in [-0.3, -0.25) is 0 Å². The fourth-order valence-electron chi connectivity index (χ4n) is 1.19. The minimum absolute atomic E-state index is 0.630. The zero-order chi connectivity index (χ0) is 9.23. The molecule has 1 heteroatoms. The average Bonchev–Trinajstić information content (AvgIpc) is 2.06. The van der Waals surface area contributed by atoms with Crippen LogP contribution in [0.15, 0.2) is 0 Å². The fraction of sp³-hybridized carbons (Fsp3) is 0.818. The molecule has 1 unspecified atom stereocenters. The number of hydrogen-bond acceptors (Lipinski definition) is 1. The van der Waals surface area contributed by atoms with E-state index in [0.29, 0.717) is 6.04 Å². The molecule has 0 aliphatic heterocycles. The van der Waals surface area contributed by atoms with E-state index in [4.69, 9.17) is 6.42 Å². The van der Waals surface area contributed by atoms with Crippen molar-refractivity contribution in [1.82, 2.24) is 5.32 Å². The van der Waals surface area contributed by atoms with E-state index in [1.54, 1.807) is 0 Å². The molecule has 0 spiro atoms. The quantitative estimate of drug-likeness (QED) is 0.454. The Labute approximate surface area is 76.9 Å². The minimum atomic E-state index is 0.630. The minimum Gasteiger partial charge on any atom is -0.313 e. The Balaban J connectivity index is 3.11. The molecule has 1 atom stereocenters. The maximum absolute atomic E-state index is 5.15. The number of terminal acetylenes is 1. The lowest BCUT2D eigenvalue weighted by atomic mass is 10.1. The largest absolute Gasteiger partial charge is 0.313 e. The second-order valence-electron chi connectivity index (χ2n) is 3.31. The zero-order valence-corrected chi connectivity index (χ0v) is 8.40. The second-order valence-corrected chi connectivity index (χ2v) is 3.31. The highest BCUT2D eigenvalue weighted by Gasteiger charge is 1.98. The molecule has 0 saturated heterocycles. The van der Waals surface area contributed by atoms with Gasteiger partial charge in [0, 0.05) is 19.0 Å². The Morgan fingerprint density at radius 2 is 2.17 bits per heavy atom. The smallest absolute Gasteiger partial charge is 0.0211 e. The number of hydrogen-bond donors (Lipinski definition) is 1. The normalized spacial score (nSPS) is 12.4. The SMILES string of the molecule is C#CCCNC(C)CCCCC. The van der Waals surface area contributed by atoms with E-state index in [1.165, 1.54) is 25.7 Å². The molecule has 0 rings (SSSR count). The van der Waals surface area contributed by atoms with Crippen LogP contribution in [0.5, 0.6) is 0 Å². The summed E-state index contributed by atoms with van der Waals surface area (Å²) in [5.41, 5.74) is 0. The topological polar surface area (TPSA) is 12.0 Å². The van der Waals surface area contributed by atoms with Gasteiger partial charge in [-0.15, -0.1) is 12.3 Å². The van der Waals surface area contributed by atoms with Crippen LogP contribution in [0, 0.1) is 12.3 Å². The molecule has 0 bridgehead atoms. The van der Waals surface area contributed by atoms with Gasteiger partial charge in [0.15, 0.2) is 0 Å². The Kier molecular flexibility index (Phi) is 8.27. The number of unbranched alkanes of at least 4 members (excludes halogenated alkanes) is 2. The van der Waals surface area contributed by atoms with Gasteiger partial charge >= 0.3 is 0 Å². The summed E-state index contributed by atoms with van der Waals surface area (Å²) in [5, 5.41) is 3.40. The van der Waals surface area contributed by atoms with Crippen molar-refractivity contribution in [2.45, 2.75) is 52.0 Å². The van der Waals surface area contributed by atoms with Gasteiger partial charge in [0.2, 0.25) is 0 Å². The molecular formula is C11H21N. The highest BCUT2D eigenvalue weighted by molar-refractivity contribution is 4.84. The summed E-state index contributed by atoms with van der Waals surface area (Å²) in [6.07, 6.45) is 11.3. The highest BCUT2D eigenvalue weighted by atomic mass is 14.9. The summed E-state index contributed by atoms with van der Waals surface area (Å²) >= 11 is 0. The van der Waals surface area contributed by atoms with E-state index in [-0.39, 0.29) is 0 Å². The van der Waals surface area contributed by atoms with Crippen LogP contribution in [0.4, 0.5) is 0 Å². The van der Waals surface area contributed by atoms with Gasteiger partial charge in [-0.25, -0.2) is 0 Å². The molecule has 1 nitrogen and oxygen atoms in total. The third kappa shape index (κ3) is 7.63. The summed E-state index contributed by atoms with van der Waals surface area (Å²) in [5.74, 6) is 2.63. The van der Waals surface area contributed by atoms with E-state index in [9.17, 15) is 0 Å². The van der Waals surface area contributed by atoms with E-state index in [2.05, 4.69) is 25.1 Å². The molecule has 0 heterocycles. The van der Waals surface area contributed by atoms with Crippen LogP contribution in [0.1, 0.15) is 46.0 Å². The summed E-state index contributed by atoms with van der Waals surface area (Å²) in [6.45, 7) is 5.42. The van der Waals surface area contributed by atoms with E-state index in [1.807, 2.05) is 0 Å². The predicted molar refractivity (Wildman–Crippen MR) is 55.1 cm³/mol. The van der Waals surface area contributed by atoms with Crippen LogP contribution in [-0.4, -0.2) is 12.6 Å².